The van der Waals surface area contributed by atoms with Crippen molar-refractivity contribution in [2.75, 3.05) is 37.7 Å². The highest BCUT2D eigenvalue weighted by Gasteiger charge is 2.22. The maximum absolute atomic E-state index is 13.7. The van der Waals surface area contributed by atoms with Crippen molar-refractivity contribution in [1.29, 1.82) is 0 Å². The number of aromatic nitrogens is 1. The number of piperazine rings is 1. The van der Waals surface area contributed by atoms with Gasteiger partial charge in [0.05, 0.1) is 0 Å². The van der Waals surface area contributed by atoms with Crippen molar-refractivity contribution in [2.45, 2.75) is 0 Å². The van der Waals surface area contributed by atoms with E-state index in [0.29, 0.717) is 17.6 Å². The lowest BCUT2D eigenvalue weighted by molar-refractivity contribution is -0.133. The molecule has 0 aliphatic carbocycles. The maximum atomic E-state index is 13.7. The van der Waals surface area contributed by atoms with Gasteiger partial charge in [-0.2, -0.15) is 0 Å². The third kappa shape index (κ3) is 4.00. The second kappa shape index (κ2) is 7.27. The van der Waals surface area contributed by atoms with Crippen molar-refractivity contribution in [3.63, 3.8) is 0 Å². The SMILES string of the molecule is O=C(COc1ccc(Br)cc1F)N1CCN(c2nccs2)CC1. The number of halogens is 2. The lowest BCUT2D eigenvalue weighted by atomic mass is 10.3. The van der Waals surface area contributed by atoms with Crippen LogP contribution in [0.4, 0.5) is 9.52 Å². The van der Waals surface area contributed by atoms with Crippen LogP contribution in [0.25, 0.3) is 0 Å². The molecule has 1 aliphatic rings. The molecule has 0 bridgehead atoms. The molecule has 3 rings (SSSR count). The van der Waals surface area contributed by atoms with Gasteiger partial charge in [0.25, 0.3) is 5.91 Å². The molecule has 0 radical (unpaired) electrons. The number of anilines is 1. The third-order valence-electron chi connectivity index (χ3n) is 3.57. The van der Waals surface area contributed by atoms with E-state index in [4.69, 9.17) is 4.74 Å². The summed E-state index contributed by atoms with van der Waals surface area (Å²) >= 11 is 4.77. The van der Waals surface area contributed by atoms with Crippen LogP contribution in [0.1, 0.15) is 0 Å². The molecule has 5 nitrogen and oxygen atoms in total. The molecule has 1 saturated heterocycles. The number of hydrogen-bond donors (Lipinski definition) is 0. The first-order valence-electron chi connectivity index (χ1n) is 7.13. The van der Waals surface area contributed by atoms with Crippen LogP contribution in [0.15, 0.2) is 34.2 Å². The molecule has 0 N–H and O–H groups in total. The molecule has 1 fully saturated rings. The molecule has 23 heavy (non-hydrogen) atoms. The number of nitrogens with zero attached hydrogens (tertiary/aromatic N) is 3. The predicted molar refractivity (Wildman–Crippen MR) is 90.5 cm³/mol. The van der Waals surface area contributed by atoms with E-state index in [9.17, 15) is 9.18 Å². The van der Waals surface area contributed by atoms with Gasteiger partial charge in [-0.05, 0) is 18.2 Å². The largest absolute Gasteiger partial charge is 0.481 e. The number of amides is 1. The lowest BCUT2D eigenvalue weighted by Gasteiger charge is -2.34. The summed E-state index contributed by atoms with van der Waals surface area (Å²) in [5.74, 6) is -0.533. The Bertz CT molecular complexity index is 675. The Morgan fingerprint density at radius 3 is 2.78 bits per heavy atom. The Morgan fingerprint density at radius 2 is 2.13 bits per heavy atom. The van der Waals surface area contributed by atoms with Crippen molar-refractivity contribution in [1.82, 2.24) is 9.88 Å². The standard InChI is InChI=1S/C15H15BrFN3O2S/c16-11-1-2-13(12(17)9-11)22-10-14(21)19-4-6-20(7-5-19)15-18-3-8-23-15/h1-3,8-9H,4-7,10H2. The quantitative estimate of drug-likeness (QED) is 0.792. The highest BCUT2D eigenvalue weighted by atomic mass is 79.9. The molecular formula is C15H15BrFN3O2S. The third-order valence-corrected chi connectivity index (χ3v) is 4.89. The topological polar surface area (TPSA) is 45.7 Å². The Balaban J connectivity index is 1.50. The van der Waals surface area contributed by atoms with Crippen LogP contribution in [0.5, 0.6) is 5.75 Å². The van der Waals surface area contributed by atoms with E-state index in [1.165, 1.54) is 12.1 Å². The first-order chi connectivity index (χ1) is 11.1. The van der Waals surface area contributed by atoms with E-state index in [1.807, 2.05) is 5.38 Å². The Labute approximate surface area is 145 Å². The monoisotopic (exact) mass is 399 g/mol. The number of benzene rings is 1. The normalized spacial score (nSPS) is 14.9. The van der Waals surface area contributed by atoms with Crippen molar-refractivity contribution in [2.24, 2.45) is 0 Å². The molecule has 122 valence electrons. The molecule has 0 spiro atoms. The van der Waals surface area contributed by atoms with Crippen molar-refractivity contribution in [3.8, 4) is 5.75 Å². The smallest absolute Gasteiger partial charge is 0.260 e. The van der Waals surface area contributed by atoms with Gasteiger partial charge in [0.15, 0.2) is 23.3 Å². The van der Waals surface area contributed by atoms with Crippen LogP contribution < -0.4 is 9.64 Å². The van der Waals surface area contributed by atoms with Crippen molar-refractivity contribution >= 4 is 38.3 Å². The second-order valence-corrected chi connectivity index (χ2v) is 6.83. The van der Waals surface area contributed by atoms with Gasteiger partial charge in [0.1, 0.15) is 0 Å². The molecular weight excluding hydrogens is 385 g/mol. The number of thiazole rings is 1. The van der Waals surface area contributed by atoms with Crippen LogP contribution in [0.2, 0.25) is 0 Å². The summed E-state index contributed by atoms with van der Waals surface area (Å²) in [5, 5.41) is 2.92. The predicted octanol–water partition coefficient (Wildman–Crippen LogP) is 2.77. The molecule has 2 heterocycles. The summed E-state index contributed by atoms with van der Waals surface area (Å²) in [6.45, 7) is 2.56. The van der Waals surface area contributed by atoms with Crippen molar-refractivity contribution in [3.05, 3.63) is 40.1 Å². The number of carbonyl (C=O) groups excluding carboxylic acids is 1. The molecule has 1 amide bonds. The average molecular weight is 400 g/mol. The van der Waals surface area contributed by atoms with E-state index < -0.39 is 5.82 Å². The minimum atomic E-state index is -0.485. The van der Waals surface area contributed by atoms with E-state index >= 15 is 0 Å². The van der Waals surface area contributed by atoms with Gasteiger partial charge >= 0.3 is 0 Å². The van der Waals surface area contributed by atoms with Gasteiger partial charge in [-0.15, -0.1) is 11.3 Å². The minimum Gasteiger partial charge on any atom is -0.481 e. The Morgan fingerprint density at radius 1 is 1.35 bits per heavy atom. The average Bonchev–Trinajstić information content (AvgIpc) is 3.08. The zero-order chi connectivity index (χ0) is 16.2. The van der Waals surface area contributed by atoms with Gasteiger partial charge < -0.3 is 14.5 Å². The molecule has 1 aromatic carbocycles. The second-order valence-electron chi connectivity index (χ2n) is 5.05. The van der Waals surface area contributed by atoms with Crippen LogP contribution in [0, 0.1) is 5.82 Å². The number of ether oxygens (including phenoxy) is 1. The van der Waals surface area contributed by atoms with E-state index in [2.05, 4.69) is 25.8 Å². The van der Waals surface area contributed by atoms with Crippen LogP contribution in [-0.4, -0.2) is 48.6 Å². The summed E-state index contributed by atoms with van der Waals surface area (Å²) < 4.78 is 19.6. The summed E-state index contributed by atoms with van der Waals surface area (Å²) in [5.41, 5.74) is 0. The molecule has 0 unspecified atom stereocenters. The van der Waals surface area contributed by atoms with Gasteiger partial charge in [-0.3, -0.25) is 4.79 Å². The van der Waals surface area contributed by atoms with Gasteiger partial charge in [0, 0.05) is 42.2 Å². The van der Waals surface area contributed by atoms with Crippen LogP contribution in [0.3, 0.4) is 0 Å². The van der Waals surface area contributed by atoms with Crippen molar-refractivity contribution < 1.29 is 13.9 Å². The molecule has 8 heteroatoms. The van der Waals surface area contributed by atoms with E-state index in [0.717, 1.165) is 18.2 Å². The van der Waals surface area contributed by atoms with Crippen LogP contribution in [-0.2, 0) is 4.79 Å². The molecule has 1 aromatic heterocycles. The Hall–Kier alpha value is -1.67. The zero-order valence-electron chi connectivity index (χ0n) is 12.2. The maximum Gasteiger partial charge on any atom is 0.260 e. The first kappa shape index (κ1) is 16.2. The fourth-order valence-electron chi connectivity index (χ4n) is 2.34. The number of hydrogen-bond acceptors (Lipinski definition) is 5. The summed E-state index contributed by atoms with van der Waals surface area (Å²) in [6.07, 6.45) is 1.78. The fourth-order valence-corrected chi connectivity index (χ4v) is 3.37. The summed E-state index contributed by atoms with van der Waals surface area (Å²) in [4.78, 5) is 20.3. The summed E-state index contributed by atoms with van der Waals surface area (Å²) in [7, 11) is 0. The molecule has 2 aromatic rings. The zero-order valence-corrected chi connectivity index (χ0v) is 14.6. The Kier molecular flexibility index (Phi) is 5.12. The molecule has 0 atom stereocenters. The van der Waals surface area contributed by atoms with Crippen LogP contribution >= 0.6 is 27.3 Å². The highest BCUT2D eigenvalue weighted by molar-refractivity contribution is 9.10. The van der Waals surface area contributed by atoms with Gasteiger partial charge in [-0.1, -0.05) is 15.9 Å². The minimum absolute atomic E-state index is 0.0861. The fraction of sp³-hybridized carbons (Fsp3) is 0.333. The molecule has 0 saturated carbocycles. The molecule has 1 aliphatic heterocycles. The van der Waals surface area contributed by atoms with Gasteiger partial charge in [-0.25, -0.2) is 9.37 Å². The first-order valence-corrected chi connectivity index (χ1v) is 8.81. The van der Waals surface area contributed by atoms with E-state index in [-0.39, 0.29) is 18.3 Å². The number of rotatable bonds is 4. The lowest BCUT2D eigenvalue weighted by Crippen LogP contribution is -2.50. The summed E-state index contributed by atoms with van der Waals surface area (Å²) in [6, 6.07) is 4.50. The highest BCUT2D eigenvalue weighted by Crippen LogP contribution is 2.22. The number of carbonyl (C=O) groups is 1. The van der Waals surface area contributed by atoms with Gasteiger partial charge in [0.2, 0.25) is 0 Å². The van der Waals surface area contributed by atoms with E-state index in [1.54, 1.807) is 28.5 Å².